The smallest absolute Gasteiger partial charge is 0.262 e. The first kappa shape index (κ1) is 12.3. The number of imidazole rings is 1. The second-order valence-electron chi connectivity index (χ2n) is 4.40. The van der Waals surface area contributed by atoms with E-state index in [2.05, 4.69) is 4.98 Å². The van der Waals surface area contributed by atoms with Gasteiger partial charge in [-0.2, -0.15) is 4.31 Å². The maximum atomic E-state index is 12.2. The molecule has 1 fully saturated rings. The van der Waals surface area contributed by atoms with Gasteiger partial charge in [0.25, 0.3) is 10.0 Å². The molecule has 1 saturated heterocycles. The third-order valence-corrected chi connectivity index (χ3v) is 5.02. The number of aryl methyl sites for hydroxylation is 1. The summed E-state index contributed by atoms with van der Waals surface area (Å²) in [4.78, 5) is 3.75. The molecule has 0 spiro atoms. The highest BCUT2D eigenvalue weighted by Gasteiger charge is 2.47. The van der Waals surface area contributed by atoms with Crippen LogP contribution in [0, 0.1) is 0 Å². The molecule has 0 radical (unpaired) electrons. The van der Waals surface area contributed by atoms with Crippen LogP contribution >= 0.6 is 0 Å². The number of sulfonamides is 1. The molecular formula is C9H16N4O3S. The van der Waals surface area contributed by atoms with Crippen LogP contribution in [0.25, 0.3) is 0 Å². The van der Waals surface area contributed by atoms with Crippen molar-refractivity contribution < 1.29 is 13.5 Å². The fraction of sp³-hybridized carbons (Fsp3) is 0.667. The first-order valence-electron chi connectivity index (χ1n) is 5.29. The normalized spacial score (nSPS) is 20.2. The van der Waals surface area contributed by atoms with Crippen LogP contribution in [0.5, 0.6) is 0 Å². The van der Waals surface area contributed by atoms with Crippen LogP contribution in [0.1, 0.15) is 13.3 Å². The van der Waals surface area contributed by atoms with E-state index >= 15 is 0 Å². The molecule has 8 heteroatoms. The topological polar surface area (TPSA) is 101 Å². The van der Waals surface area contributed by atoms with E-state index in [0.717, 1.165) is 0 Å². The summed E-state index contributed by atoms with van der Waals surface area (Å²) in [5.41, 5.74) is 4.64. The quantitative estimate of drug-likeness (QED) is 0.737. The maximum absolute atomic E-state index is 12.2. The van der Waals surface area contributed by atoms with Gasteiger partial charge in [-0.25, -0.2) is 13.4 Å². The van der Waals surface area contributed by atoms with Crippen molar-refractivity contribution in [1.29, 1.82) is 0 Å². The molecule has 1 aliphatic rings. The summed E-state index contributed by atoms with van der Waals surface area (Å²) < 4.78 is 27.0. The molecule has 1 aromatic rings. The van der Waals surface area contributed by atoms with Crippen molar-refractivity contribution in [2.45, 2.75) is 24.0 Å². The Labute approximate surface area is 99.9 Å². The van der Waals surface area contributed by atoms with Gasteiger partial charge in [0.1, 0.15) is 0 Å². The molecule has 0 saturated carbocycles. The fourth-order valence-corrected chi connectivity index (χ4v) is 3.67. The van der Waals surface area contributed by atoms with E-state index in [-0.39, 0.29) is 23.9 Å². The Kier molecular flexibility index (Phi) is 2.68. The van der Waals surface area contributed by atoms with Crippen LogP contribution in [-0.4, -0.2) is 46.1 Å². The van der Waals surface area contributed by atoms with Crippen molar-refractivity contribution in [3.05, 3.63) is 6.33 Å². The Morgan fingerprint density at radius 2 is 2.18 bits per heavy atom. The number of nitrogens with two attached hydrogens (primary N) is 1. The minimum Gasteiger partial charge on any atom is -0.387 e. The Morgan fingerprint density at radius 1 is 1.59 bits per heavy atom. The van der Waals surface area contributed by atoms with Gasteiger partial charge in [-0.05, 0) is 6.42 Å². The molecule has 2 heterocycles. The summed E-state index contributed by atoms with van der Waals surface area (Å²) in [6.45, 7) is 2.04. The molecule has 0 amide bonds. The van der Waals surface area contributed by atoms with Gasteiger partial charge in [0.15, 0.2) is 10.8 Å². The molecule has 1 aliphatic heterocycles. The average molecular weight is 260 g/mol. The Bertz CT molecular complexity index is 511. The Hall–Kier alpha value is -1.12. The number of hydrogen-bond acceptors (Lipinski definition) is 5. The van der Waals surface area contributed by atoms with Crippen molar-refractivity contribution in [3.63, 3.8) is 0 Å². The predicted molar refractivity (Wildman–Crippen MR) is 61.6 cm³/mol. The standard InChI is InChI=1S/C9H16N4O3S/c1-3-9(14)4-13(5-9)17(15,16)8-7(10)11-6-12(8)2/h6,14H,3-5,10H2,1-2H3. The predicted octanol–water partition coefficient (Wildman–Crippen LogP) is -0.852. The van der Waals surface area contributed by atoms with Gasteiger partial charge >= 0.3 is 0 Å². The first-order valence-corrected chi connectivity index (χ1v) is 6.73. The third-order valence-electron chi connectivity index (χ3n) is 3.09. The molecule has 0 aromatic carbocycles. The lowest BCUT2D eigenvalue weighted by atomic mass is 9.94. The summed E-state index contributed by atoms with van der Waals surface area (Å²) in [6, 6.07) is 0. The Morgan fingerprint density at radius 3 is 2.59 bits per heavy atom. The number of nitrogens with zero attached hydrogens (tertiary/aromatic N) is 3. The van der Waals surface area contributed by atoms with Crippen molar-refractivity contribution in [2.24, 2.45) is 7.05 Å². The number of aromatic nitrogens is 2. The van der Waals surface area contributed by atoms with Crippen LogP contribution in [0.15, 0.2) is 11.4 Å². The van der Waals surface area contributed by atoms with Crippen LogP contribution in [0.3, 0.4) is 0 Å². The van der Waals surface area contributed by atoms with Gasteiger partial charge in [0.05, 0.1) is 11.9 Å². The number of hydrogen-bond donors (Lipinski definition) is 2. The van der Waals surface area contributed by atoms with Crippen molar-refractivity contribution in [3.8, 4) is 0 Å². The zero-order chi connectivity index (χ0) is 12.8. The molecule has 0 bridgehead atoms. The fourth-order valence-electron chi connectivity index (χ4n) is 1.88. The minimum atomic E-state index is -3.65. The molecule has 0 unspecified atom stereocenters. The molecule has 7 nitrogen and oxygen atoms in total. The van der Waals surface area contributed by atoms with Crippen molar-refractivity contribution in [2.75, 3.05) is 18.8 Å². The number of anilines is 1. The van der Waals surface area contributed by atoms with Gasteiger partial charge in [-0.3, -0.25) is 0 Å². The lowest BCUT2D eigenvalue weighted by molar-refractivity contribution is -0.0614. The van der Waals surface area contributed by atoms with Crippen LogP contribution < -0.4 is 5.73 Å². The maximum Gasteiger partial charge on any atom is 0.262 e. The van der Waals surface area contributed by atoms with E-state index in [1.54, 1.807) is 7.05 Å². The molecule has 3 N–H and O–H groups in total. The zero-order valence-electron chi connectivity index (χ0n) is 9.79. The van der Waals surface area contributed by atoms with E-state index in [1.165, 1.54) is 15.2 Å². The highest BCUT2D eigenvalue weighted by atomic mass is 32.2. The average Bonchev–Trinajstić information content (AvgIpc) is 2.54. The monoisotopic (exact) mass is 260 g/mol. The summed E-state index contributed by atoms with van der Waals surface area (Å²) in [5.74, 6) is -0.0144. The van der Waals surface area contributed by atoms with E-state index in [1.807, 2.05) is 6.92 Å². The van der Waals surface area contributed by atoms with Gasteiger partial charge in [0, 0.05) is 20.1 Å². The van der Waals surface area contributed by atoms with E-state index in [9.17, 15) is 13.5 Å². The Balaban J connectivity index is 2.29. The third kappa shape index (κ3) is 1.81. The van der Waals surface area contributed by atoms with Crippen molar-refractivity contribution >= 4 is 15.8 Å². The summed E-state index contributed by atoms with van der Waals surface area (Å²) in [7, 11) is -2.08. The second-order valence-corrected chi connectivity index (χ2v) is 6.25. The SMILES string of the molecule is CCC1(O)CN(S(=O)(=O)c2c(N)ncn2C)C1. The highest BCUT2D eigenvalue weighted by molar-refractivity contribution is 7.89. The van der Waals surface area contributed by atoms with Gasteiger partial charge in [0.2, 0.25) is 0 Å². The molecular weight excluding hydrogens is 244 g/mol. The summed E-state index contributed by atoms with van der Waals surface area (Å²) in [5, 5.41) is 9.81. The number of β-amino-alcohol motifs (C(OH)–C–C–N with tert-alkyl or cyclic N) is 1. The number of nitrogen functional groups attached to an aromatic ring is 1. The summed E-state index contributed by atoms with van der Waals surface area (Å²) >= 11 is 0. The number of aliphatic hydroxyl groups is 1. The van der Waals surface area contributed by atoms with Gasteiger partial charge < -0.3 is 15.4 Å². The van der Waals surface area contributed by atoms with Crippen LogP contribution in [-0.2, 0) is 17.1 Å². The minimum absolute atomic E-state index is 0.0144. The highest BCUT2D eigenvalue weighted by Crippen LogP contribution is 2.31. The van der Waals surface area contributed by atoms with E-state index in [0.29, 0.717) is 6.42 Å². The lowest BCUT2D eigenvalue weighted by Gasteiger charge is -2.44. The molecule has 0 atom stereocenters. The van der Waals surface area contributed by atoms with Gasteiger partial charge in [-0.1, -0.05) is 6.92 Å². The summed E-state index contributed by atoms with van der Waals surface area (Å²) in [6.07, 6.45) is 1.88. The molecule has 2 rings (SSSR count). The van der Waals surface area contributed by atoms with Crippen LogP contribution in [0.4, 0.5) is 5.82 Å². The lowest BCUT2D eigenvalue weighted by Crippen LogP contribution is -2.63. The first-order chi connectivity index (χ1) is 7.80. The van der Waals surface area contributed by atoms with Gasteiger partial charge in [-0.15, -0.1) is 0 Å². The molecule has 96 valence electrons. The second kappa shape index (κ2) is 3.69. The number of rotatable bonds is 3. The van der Waals surface area contributed by atoms with Crippen molar-refractivity contribution in [1.82, 2.24) is 13.9 Å². The molecule has 0 aliphatic carbocycles. The van der Waals surface area contributed by atoms with E-state index < -0.39 is 15.6 Å². The molecule has 17 heavy (non-hydrogen) atoms. The largest absolute Gasteiger partial charge is 0.387 e. The van der Waals surface area contributed by atoms with Crippen LogP contribution in [0.2, 0.25) is 0 Å². The molecule has 1 aromatic heterocycles. The zero-order valence-corrected chi connectivity index (χ0v) is 10.6. The van der Waals surface area contributed by atoms with E-state index in [4.69, 9.17) is 5.73 Å².